The normalized spacial score (nSPS) is 12.2. The molecule has 0 aliphatic heterocycles. The molecule has 0 heterocycles. The molecule has 1 aromatic rings. The molecule has 22 heavy (non-hydrogen) atoms. The van der Waals surface area contributed by atoms with E-state index in [1.54, 1.807) is 39.8 Å². The van der Waals surface area contributed by atoms with Crippen LogP contribution in [0.1, 0.15) is 47.1 Å². The Kier molecular flexibility index (Phi) is 6.85. The molecular formula is C17H27BO4. The van der Waals surface area contributed by atoms with Gasteiger partial charge in [-0.3, -0.25) is 4.79 Å². The number of methoxy groups -OCH3 is 1. The highest BCUT2D eigenvalue weighted by atomic mass is 16.5. The maximum absolute atomic E-state index is 11.5. The smallest absolute Gasteiger partial charge is 0.315 e. The molecule has 0 aliphatic rings. The van der Waals surface area contributed by atoms with Crippen molar-refractivity contribution in [1.82, 2.24) is 0 Å². The predicted molar refractivity (Wildman–Crippen MR) is 89.5 cm³/mol. The highest BCUT2D eigenvalue weighted by Gasteiger charge is 2.32. The number of rotatable bonds is 3. The molecule has 2 N–H and O–H groups in total. The molecular weight excluding hydrogens is 279 g/mol. The first-order valence-electron chi connectivity index (χ1n) is 7.12. The lowest BCUT2D eigenvalue weighted by molar-refractivity contribution is -0.146. The molecule has 0 atom stereocenters. The van der Waals surface area contributed by atoms with E-state index in [0.29, 0.717) is 5.46 Å². The fourth-order valence-corrected chi connectivity index (χ4v) is 1.27. The van der Waals surface area contributed by atoms with Gasteiger partial charge in [-0.2, -0.15) is 0 Å². The van der Waals surface area contributed by atoms with Crippen LogP contribution in [0.25, 0.3) is 0 Å². The zero-order valence-corrected chi connectivity index (χ0v) is 14.6. The van der Waals surface area contributed by atoms with E-state index < -0.39 is 16.6 Å². The van der Waals surface area contributed by atoms with Gasteiger partial charge in [-0.15, -0.1) is 0 Å². The van der Waals surface area contributed by atoms with Crippen LogP contribution in [0.4, 0.5) is 0 Å². The number of carbonyl (C=O) groups excluding carboxylic acids is 1. The van der Waals surface area contributed by atoms with E-state index in [9.17, 15) is 4.79 Å². The van der Waals surface area contributed by atoms with Crippen LogP contribution in [-0.4, -0.2) is 42.3 Å². The summed E-state index contributed by atoms with van der Waals surface area (Å²) in [6, 6.07) is 7.23. The Morgan fingerprint density at radius 3 is 1.59 bits per heavy atom. The third-order valence-electron chi connectivity index (χ3n) is 3.83. The molecule has 5 heteroatoms. The zero-order valence-electron chi connectivity index (χ0n) is 14.6. The number of benzene rings is 1. The van der Waals surface area contributed by atoms with Gasteiger partial charge in [0.2, 0.25) is 0 Å². The van der Waals surface area contributed by atoms with Gasteiger partial charge in [0.1, 0.15) is 7.85 Å². The van der Waals surface area contributed by atoms with Crippen LogP contribution in [0.5, 0.6) is 0 Å². The second kappa shape index (κ2) is 7.29. The van der Waals surface area contributed by atoms with Crippen LogP contribution < -0.4 is 5.46 Å². The van der Waals surface area contributed by atoms with Gasteiger partial charge in [0, 0.05) is 0 Å². The summed E-state index contributed by atoms with van der Waals surface area (Å²) in [5.74, 6) is -0.248. The van der Waals surface area contributed by atoms with E-state index in [2.05, 4.69) is 0 Å². The quantitative estimate of drug-likeness (QED) is 0.655. The summed E-state index contributed by atoms with van der Waals surface area (Å²) in [4.78, 5) is 11.5. The minimum absolute atomic E-state index is 0.248. The van der Waals surface area contributed by atoms with E-state index in [0.717, 1.165) is 5.56 Å². The van der Waals surface area contributed by atoms with Gasteiger partial charge < -0.3 is 14.9 Å². The van der Waals surface area contributed by atoms with Crippen molar-refractivity contribution in [3.63, 3.8) is 0 Å². The summed E-state index contributed by atoms with van der Waals surface area (Å²) in [6.07, 6.45) is 0. The maximum Gasteiger partial charge on any atom is 0.315 e. The molecule has 0 aromatic heterocycles. The van der Waals surface area contributed by atoms with Crippen LogP contribution in [-0.2, 0) is 14.9 Å². The highest BCUT2D eigenvalue weighted by Crippen LogP contribution is 2.23. The van der Waals surface area contributed by atoms with Crippen molar-refractivity contribution in [2.24, 2.45) is 0 Å². The first-order chi connectivity index (χ1) is 9.73. The summed E-state index contributed by atoms with van der Waals surface area (Å²) >= 11 is 0. The third kappa shape index (κ3) is 5.81. The Morgan fingerprint density at radius 1 is 0.955 bits per heavy atom. The second-order valence-electron chi connectivity index (χ2n) is 6.86. The van der Waals surface area contributed by atoms with Crippen molar-refractivity contribution >= 4 is 19.3 Å². The van der Waals surface area contributed by atoms with Crippen LogP contribution in [0.15, 0.2) is 24.3 Å². The van der Waals surface area contributed by atoms with E-state index >= 15 is 0 Å². The number of esters is 1. The SMILES string of the molecule is CC(C)(O)C(C)(C)O.[B]c1ccc(C(C)(C)C(=O)OC)cc1. The summed E-state index contributed by atoms with van der Waals surface area (Å²) in [6.45, 7) is 9.95. The lowest BCUT2D eigenvalue weighted by Crippen LogP contribution is -2.44. The maximum atomic E-state index is 11.5. The fourth-order valence-electron chi connectivity index (χ4n) is 1.27. The van der Waals surface area contributed by atoms with Crippen molar-refractivity contribution in [1.29, 1.82) is 0 Å². The number of ether oxygens (including phenoxy) is 1. The molecule has 0 saturated heterocycles. The van der Waals surface area contributed by atoms with Crippen LogP contribution >= 0.6 is 0 Å². The third-order valence-corrected chi connectivity index (χ3v) is 3.83. The van der Waals surface area contributed by atoms with Gasteiger partial charge in [-0.1, -0.05) is 29.7 Å². The Balaban J connectivity index is 0.000000472. The zero-order chi connectivity index (χ0) is 17.8. The average molecular weight is 306 g/mol. The molecule has 122 valence electrons. The van der Waals surface area contributed by atoms with Gasteiger partial charge in [-0.25, -0.2) is 0 Å². The van der Waals surface area contributed by atoms with E-state index in [1.807, 2.05) is 26.0 Å². The predicted octanol–water partition coefficient (Wildman–Crippen LogP) is 1.46. The van der Waals surface area contributed by atoms with Crippen molar-refractivity contribution in [2.45, 2.75) is 58.2 Å². The Bertz CT molecular complexity index is 467. The lowest BCUT2D eigenvalue weighted by atomic mass is 9.83. The standard InChI is InChI=1S/C11H13BO2.C6H14O2/c1-11(2,10(13)14-3)8-4-6-9(12)7-5-8;1-5(2,7)6(3,4)8/h4-7H,1-3H3;7-8H,1-4H3. The Morgan fingerprint density at radius 2 is 1.32 bits per heavy atom. The van der Waals surface area contributed by atoms with Crippen LogP contribution in [0.2, 0.25) is 0 Å². The molecule has 0 fully saturated rings. The number of hydrogen-bond donors (Lipinski definition) is 2. The first kappa shape index (κ1) is 20.7. The number of carbonyl (C=O) groups is 1. The fraction of sp³-hybridized carbons (Fsp3) is 0.588. The topological polar surface area (TPSA) is 66.8 Å². The Hall–Kier alpha value is -1.33. The van der Waals surface area contributed by atoms with Crippen LogP contribution in [0.3, 0.4) is 0 Å². The van der Waals surface area contributed by atoms with Gasteiger partial charge in [0.15, 0.2) is 0 Å². The molecule has 1 rings (SSSR count). The highest BCUT2D eigenvalue weighted by molar-refractivity contribution is 6.32. The molecule has 0 unspecified atom stereocenters. The number of hydrogen-bond acceptors (Lipinski definition) is 4. The van der Waals surface area contributed by atoms with Crippen molar-refractivity contribution in [3.8, 4) is 0 Å². The van der Waals surface area contributed by atoms with Gasteiger partial charge in [-0.05, 0) is 47.1 Å². The average Bonchev–Trinajstić information content (AvgIpc) is 2.36. The van der Waals surface area contributed by atoms with Gasteiger partial charge >= 0.3 is 5.97 Å². The minimum atomic E-state index is -1.01. The van der Waals surface area contributed by atoms with Gasteiger partial charge in [0.05, 0.1) is 23.7 Å². The molecule has 0 amide bonds. The van der Waals surface area contributed by atoms with Gasteiger partial charge in [0.25, 0.3) is 0 Å². The molecule has 1 aromatic carbocycles. The van der Waals surface area contributed by atoms with Crippen molar-refractivity contribution in [3.05, 3.63) is 29.8 Å². The number of aliphatic hydroxyl groups is 2. The van der Waals surface area contributed by atoms with Crippen LogP contribution in [0, 0.1) is 0 Å². The monoisotopic (exact) mass is 306 g/mol. The summed E-state index contributed by atoms with van der Waals surface area (Å²) in [7, 11) is 6.95. The Labute approximate surface area is 134 Å². The van der Waals surface area contributed by atoms with Crippen molar-refractivity contribution < 1.29 is 19.7 Å². The summed E-state index contributed by atoms with van der Waals surface area (Å²) in [5.41, 5.74) is -1.05. The molecule has 4 nitrogen and oxygen atoms in total. The molecule has 0 spiro atoms. The molecule has 0 saturated carbocycles. The van der Waals surface area contributed by atoms with E-state index in [-0.39, 0.29) is 5.97 Å². The lowest BCUT2D eigenvalue weighted by Gasteiger charge is -2.31. The minimum Gasteiger partial charge on any atom is -0.468 e. The summed E-state index contributed by atoms with van der Waals surface area (Å²) < 4.78 is 4.73. The molecule has 0 bridgehead atoms. The first-order valence-corrected chi connectivity index (χ1v) is 7.12. The summed E-state index contributed by atoms with van der Waals surface area (Å²) in [5, 5.41) is 18.2. The second-order valence-corrected chi connectivity index (χ2v) is 6.86. The van der Waals surface area contributed by atoms with E-state index in [1.165, 1.54) is 7.11 Å². The van der Waals surface area contributed by atoms with E-state index in [4.69, 9.17) is 22.8 Å². The molecule has 0 aliphatic carbocycles. The molecule has 2 radical (unpaired) electrons. The largest absolute Gasteiger partial charge is 0.468 e. The van der Waals surface area contributed by atoms with Crippen molar-refractivity contribution in [2.75, 3.05) is 7.11 Å².